The second-order valence-corrected chi connectivity index (χ2v) is 13.6. The smallest absolute Gasteiger partial charge is 0.255 e. The average Bonchev–Trinajstić information content (AvgIpc) is 3.58. The molecule has 8 rings (SSSR count). The third-order valence-electron chi connectivity index (χ3n) is 11.0. The Bertz CT molecular complexity index is 2300. The first-order valence-electron chi connectivity index (χ1n) is 17.1. The Morgan fingerprint density at radius 1 is 1.07 bits per heavy atom. The summed E-state index contributed by atoms with van der Waals surface area (Å²) in [6.07, 6.45) is -4.21. The molecule has 7 heteroatoms. The Morgan fingerprint density at radius 2 is 1.79 bits per heavy atom. The van der Waals surface area contributed by atoms with E-state index in [1.165, 1.54) is 0 Å². The molecule has 0 spiro atoms. The zero-order chi connectivity index (χ0) is 34.3. The fourth-order valence-electron chi connectivity index (χ4n) is 8.60. The van der Waals surface area contributed by atoms with Crippen molar-refractivity contribution in [3.63, 3.8) is 0 Å². The highest BCUT2D eigenvalue weighted by Gasteiger charge is 2.65. The van der Waals surface area contributed by atoms with Gasteiger partial charge in [-0.3, -0.25) is 4.79 Å². The van der Waals surface area contributed by atoms with Crippen LogP contribution in [0.25, 0.3) is 43.6 Å². The summed E-state index contributed by atoms with van der Waals surface area (Å²) in [5.41, 5.74) is 2.51. The van der Waals surface area contributed by atoms with Gasteiger partial charge in [-0.2, -0.15) is 0 Å². The molecule has 2 aromatic heterocycles. The van der Waals surface area contributed by atoms with E-state index in [1.54, 1.807) is 9.47 Å². The molecule has 3 aliphatic rings. The summed E-state index contributed by atoms with van der Waals surface area (Å²) in [4.78, 5) is 16.3. The number of rotatable bonds is 3. The molecule has 1 fully saturated rings. The van der Waals surface area contributed by atoms with E-state index in [4.69, 9.17) is 12.2 Å². The Morgan fingerprint density at radius 3 is 2.47 bits per heavy atom. The van der Waals surface area contributed by atoms with E-state index in [2.05, 4.69) is 13.8 Å². The van der Waals surface area contributed by atoms with Crippen molar-refractivity contribution in [3.8, 4) is 0 Å². The van der Waals surface area contributed by atoms with Gasteiger partial charge in [0.05, 0.1) is 42.5 Å². The number of carbonyl (C=O) groups is 1. The van der Waals surface area contributed by atoms with Gasteiger partial charge in [-0.05, 0) is 75.9 Å². The fraction of sp³-hybridized carbons (Fsp3) is 0.472. The van der Waals surface area contributed by atoms with Gasteiger partial charge in [0, 0.05) is 56.3 Å². The molecule has 224 valence electrons. The number of benzene rings is 3. The second kappa shape index (κ2) is 8.00. The standard InChI is InChI=1S/C36H41N3O4/c1-17(2)36-35(41,16-42-10)15-24(43-36)38-22-13-11-12-18(3)25(22)27-29-30(34(7,8)37(9)33(29)40)28-26-21(6)20(5)19(4)14-23(26)39(36)32(28)31(27)38/h11-14,17,24,41H,15-16H2,1-10H3/t24-,35+,36+/m1/s1/i15D2,16D2. The van der Waals surface area contributed by atoms with Crippen LogP contribution in [0.2, 0.25) is 0 Å². The van der Waals surface area contributed by atoms with Crippen LogP contribution in [0.5, 0.6) is 0 Å². The van der Waals surface area contributed by atoms with E-state index < -0.39 is 41.9 Å². The van der Waals surface area contributed by atoms with E-state index in [9.17, 15) is 12.6 Å². The van der Waals surface area contributed by atoms with Crippen LogP contribution >= 0.6 is 0 Å². The molecule has 5 aromatic rings. The number of carbonyl (C=O) groups excluding carboxylic acids is 1. The predicted molar refractivity (Wildman–Crippen MR) is 171 cm³/mol. The SMILES string of the molecule is [2H]C([2H])(OC)[C@@]1(O)C([2H])([2H])[C@H]2O[C@]1(C(C)C)n1c3cc(C)c(C)c(C)c3c3c4c(c5c6c(C)cccc6n2c5c31)C(=O)N(C)C4(C)C. The second-order valence-electron chi connectivity index (χ2n) is 13.6. The van der Waals surface area contributed by atoms with E-state index in [0.29, 0.717) is 27.6 Å². The van der Waals surface area contributed by atoms with Crippen molar-refractivity contribution >= 4 is 49.5 Å². The molecule has 2 bridgehead atoms. The monoisotopic (exact) mass is 583 g/mol. The molecule has 1 amide bonds. The number of nitrogens with zero attached hydrogens (tertiary/aromatic N) is 3. The summed E-state index contributed by atoms with van der Waals surface area (Å²) in [6, 6.07) is 7.81. The summed E-state index contributed by atoms with van der Waals surface area (Å²) in [5.74, 6) is -0.766. The number of aliphatic hydroxyl groups is 1. The molecule has 0 unspecified atom stereocenters. The van der Waals surface area contributed by atoms with Crippen molar-refractivity contribution in [1.82, 2.24) is 14.0 Å². The van der Waals surface area contributed by atoms with Crippen molar-refractivity contribution < 1.29 is 24.9 Å². The number of fused-ring (bicyclic) bond motifs is 13. The van der Waals surface area contributed by atoms with Gasteiger partial charge in [0.15, 0.2) is 5.72 Å². The quantitative estimate of drug-likeness (QED) is 0.247. The molecule has 7 nitrogen and oxygen atoms in total. The molecule has 1 N–H and O–H groups in total. The summed E-state index contributed by atoms with van der Waals surface area (Å²) < 4.78 is 53.9. The minimum absolute atomic E-state index is 0.110. The molecule has 5 heterocycles. The van der Waals surface area contributed by atoms with Crippen LogP contribution in [0.1, 0.15) is 84.0 Å². The van der Waals surface area contributed by atoms with Gasteiger partial charge >= 0.3 is 0 Å². The maximum absolute atomic E-state index is 14.5. The van der Waals surface area contributed by atoms with Crippen LogP contribution in [0, 0.1) is 33.6 Å². The highest BCUT2D eigenvalue weighted by Crippen LogP contribution is 2.62. The van der Waals surface area contributed by atoms with E-state index >= 15 is 0 Å². The van der Waals surface area contributed by atoms with Crippen LogP contribution in [-0.4, -0.2) is 51.4 Å². The summed E-state index contributed by atoms with van der Waals surface area (Å²) >= 11 is 0. The number of aromatic nitrogens is 2. The van der Waals surface area contributed by atoms with Gasteiger partial charge in [0.25, 0.3) is 5.91 Å². The third-order valence-corrected chi connectivity index (χ3v) is 11.0. The first-order chi connectivity index (χ1) is 21.8. The minimum Gasteiger partial charge on any atom is -0.382 e. The van der Waals surface area contributed by atoms with Crippen LogP contribution in [-0.2, 0) is 20.7 Å². The zero-order valence-electron chi connectivity index (χ0n) is 30.5. The highest BCUT2D eigenvalue weighted by atomic mass is 16.6. The molecule has 3 aromatic carbocycles. The average molecular weight is 584 g/mol. The van der Waals surface area contributed by atoms with Crippen LogP contribution in [0.4, 0.5) is 0 Å². The number of methoxy groups -OCH3 is 1. The van der Waals surface area contributed by atoms with Crippen LogP contribution < -0.4 is 0 Å². The van der Waals surface area contributed by atoms with Gasteiger partial charge in [-0.15, -0.1) is 0 Å². The first-order valence-corrected chi connectivity index (χ1v) is 15.1. The Balaban J connectivity index is 1.84. The Hall–Kier alpha value is -3.39. The summed E-state index contributed by atoms with van der Waals surface area (Å²) in [5, 5.41) is 16.4. The van der Waals surface area contributed by atoms with Crippen molar-refractivity contribution in [3.05, 3.63) is 57.6 Å². The number of amides is 1. The van der Waals surface area contributed by atoms with E-state index in [0.717, 1.165) is 56.5 Å². The van der Waals surface area contributed by atoms with Crippen LogP contribution in [0.3, 0.4) is 0 Å². The molecule has 1 saturated heterocycles. The van der Waals surface area contributed by atoms with Gasteiger partial charge in [-0.1, -0.05) is 26.0 Å². The summed E-state index contributed by atoms with van der Waals surface area (Å²) in [6.45, 7) is 13.0. The molecule has 0 saturated carbocycles. The number of ether oxygens (including phenoxy) is 2. The number of hydrogen-bond donors (Lipinski definition) is 1. The Kier molecular flexibility index (Phi) is 4.29. The first kappa shape index (κ1) is 23.1. The van der Waals surface area contributed by atoms with Gasteiger partial charge in [0.1, 0.15) is 11.8 Å². The minimum atomic E-state index is -2.89. The predicted octanol–water partition coefficient (Wildman–Crippen LogP) is 7.08. The maximum atomic E-state index is 14.5. The van der Waals surface area contributed by atoms with Gasteiger partial charge < -0.3 is 28.6 Å². The topological polar surface area (TPSA) is 68.9 Å². The van der Waals surface area contributed by atoms with Crippen molar-refractivity contribution in [2.45, 2.75) is 84.9 Å². The third kappa shape index (κ3) is 2.73. The van der Waals surface area contributed by atoms with Crippen molar-refractivity contribution in [2.75, 3.05) is 20.7 Å². The number of hydrogen-bond acceptors (Lipinski definition) is 4. The highest BCUT2D eigenvalue weighted by molar-refractivity contribution is 6.32. The normalized spacial score (nSPS) is 28.8. The molecule has 3 atom stereocenters. The lowest BCUT2D eigenvalue weighted by Gasteiger charge is -2.45. The lowest BCUT2D eigenvalue weighted by molar-refractivity contribution is -0.228. The van der Waals surface area contributed by atoms with Crippen molar-refractivity contribution in [1.29, 1.82) is 0 Å². The molecule has 3 aliphatic heterocycles. The Labute approximate surface area is 257 Å². The number of aryl methyl sites for hydroxylation is 3. The maximum Gasteiger partial charge on any atom is 0.255 e. The molecule has 0 radical (unpaired) electrons. The lowest BCUT2D eigenvalue weighted by Crippen LogP contribution is -2.58. The molecule has 0 aliphatic carbocycles. The fourth-order valence-corrected chi connectivity index (χ4v) is 8.60. The van der Waals surface area contributed by atoms with Crippen molar-refractivity contribution in [2.24, 2.45) is 5.92 Å². The largest absolute Gasteiger partial charge is 0.382 e. The molecule has 43 heavy (non-hydrogen) atoms. The van der Waals surface area contributed by atoms with E-state index in [1.807, 2.05) is 77.4 Å². The van der Waals surface area contributed by atoms with E-state index in [-0.39, 0.29) is 5.91 Å². The van der Waals surface area contributed by atoms with Gasteiger partial charge in [-0.25, -0.2) is 0 Å². The van der Waals surface area contributed by atoms with Gasteiger partial charge in [0.2, 0.25) is 0 Å². The summed E-state index contributed by atoms with van der Waals surface area (Å²) in [7, 11) is 2.98. The lowest BCUT2D eigenvalue weighted by atomic mass is 9.80. The van der Waals surface area contributed by atoms with Crippen LogP contribution in [0.15, 0.2) is 24.3 Å². The molecular weight excluding hydrogens is 538 g/mol. The molecular formula is C36H41N3O4. The zero-order valence-corrected chi connectivity index (χ0v) is 26.5.